The number of anilines is 2. The molecule has 4 rings (SSSR count). The average molecular weight is 578 g/mol. The molecule has 38 heavy (non-hydrogen) atoms. The van der Waals surface area contributed by atoms with Crippen LogP contribution in [0, 0.1) is 6.92 Å². The van der Waals surface area contributed by atoms with Gasteiger partial charge in [-0.05, 0) is 80.4 Å². The molecule has 0 unspecified atom stereocenters. The van der Waals surface area contributed by atoms with Crippen LogP contribution in [0.1, 0.15) is 35.3 Å². The quantitative estimate of drug-likeness (QED) is 0.319. The average Bonchev–Trinajstić information content (AvgIpc) is 2.86. The monoisotopic (exact) mass is 576 g/mol. The van der Waals surface area contributed by atoms with Crippen LogP contribution in [0.4, 0.5) is 11.4 Å². The molecule has 0 aromatic heterocycles. The number of carbonyl (C=O) groups is 2. The Morgan fingerprint density at radius 2 is 1.87 bits per heavy atom. The zero-order valence-corrected chi connectivity index (χ0v) is 23.5. The first kappa shape index (κ1) is 27.9. The molecule has 0 saturated carbocycles. The molecule has 3 aromatic rings. The first-order valence-corrected chi connectivity index (χ1v) is 13.0. The molecule has 0 bridgehead atoms. The second kappa shape index (κ2) is 10.9. The van der Waals surface area contributed by atoms with E-state index in [4.69, 9.17) is 44.3 Å². The molecule has 200 valence electrons. The number of nitrogens with zero attached hydrogens (tertiary/aromatic N) is 1. The molecule has 0 aliphatic carbocycles. The zero-order chi connectivity index (χ0) is 27.8. The molecule has 1 heterocycles. The number of rotatable bonds is 7. The number of halogens is 3. The van der Waals surface area contributed by atoms with Crippen LogP contribution in [0.3, 0.4) is 0 Å². The molecule has 1 aliphatic rings. The Morgan fingerprint density at radius 1 is 1.13 bits per heavy atom. The predicted octanol–water partition coefficient (Wildman–Crippen LogP) is 6.85. The number of fused-ring (bicyclic) bond motifs is 1. The number of amides is 1. The predicted molar refractivity (Wildman–Crippen MR) is 151 cm³/mol. The van der Waals surface area contributed by atoms with E-state index in [1.54, 1.807) is 57.2 Å². The number of carbonyl (C=O) groups excluding carboxylic acids is 1. The lowest BCUT2D eigenvalue weighted by Crippen LogP contribution is -2.41. The molecule has 10 heteroatoms. The molecule has 1 aliphatic heterocycles. The largest absolute Gasteiger partial charge is 0.488 e. The summed E-state index contributed by atoms with van der Waals surface area (Å²) in [4.78, 5) is 26.8. The van der Waals surface area contributed by atoms with Gasteiger partial charge in [0, 0.05) is 28.3 Å². The highest BCUT2D eigenvalue weighted by molar-refractivity contribution is 6.33. The van der Waals surface area contributed by atoms with Gasteiger partial charge in [-0.3, -0.25) is 9.59 Å². The van der Waals surface area contributed by atoms with E-state index in [9.17, 15) is 14.7 Å². The molecule has 0 spiro atoms. The maximum Gasteiger partial charge on any atom is 0.313 e. The highest BCUT2D eigenvalue weighted by Crippen LogP contribution is 2.36. The van der Waals surface area contributed by atoms with Gasteiger partial charge in [0.2, 0.25) is 0 Å². The fraction of sp³-hybridized carbons (Fsp3) is 0.286. The summed E-state index contributed by atoms with van der Waals surface area (Å²) in [6.07, 6.45) is -0.234. The zero-order valence-electron chi connectivity index (χ0n) is 21.3. The van der Waals surface area contributed by atoms with Crippen molar-refractivity contribution < 1.29 is 24.2 Å². The van der Waals surface area contributed by atoms with Crippen LogP contribution in [0.2, 0.25) is 15.1 Å². The molecule has 3 aromatic carbocycles. The summed E-state index contributed by atoms with van der Waals surface area (Å²) in [5, 5.41) is 13.6. The van der Waals surface area contributed by atoms with Crippen LogP contribution in [0.5, 0.6) is 11.5 Å². The normalized spacial score (nSPS) is 14.9. The van der Waals surface area contributed by atoms with E-state index in [0.717, 1.165) is 11.4 Å². The van der Waals surface area contributed by atoms with Crippen molar-refractivity contribution in [3.05, 3.63) is 80.3 Å². The second-order valence-corrected chi connectivity index (χ2v) is 10.9. The van der Waals surface area contributed by atoms with E-state index >= 15 is 0 Å². The highest BCUT2D eigenvalue weighted by Gasteiger charge is 2.32. The maximum absolute atomic E-state index is 13.1. The number of ether oxygens (including phenoxy) is 2. The van der Waals surface area contributed by atoms with Gasteiger partial charge in [-0.2, -0.15) is 0 Å². The standard InChI is InChI=1S/C28H27Cl3N2O5/c1-15-19(26(34)32-17-6-8-21(30)20(12-17)28(2,3)27(35)36)7-10-24(25(15)31)37-14-18-13-33(4)22-11-16(29)5-9-23(22)38-18/h5-12,18H,13-14H2,1-4H3,(H,32,34)(H,35,36)/t18-/m0/s1. The summed E-state index contributed by atoms with van der Waals surface area (Å²) in [6.45, 7) is 5.69. The Bertz CT molecular complexity index is 1410. The summed E-state index contributed by atoms with van der Waals surface area (Å²) in [7, 11) is 1.96. The highest BCUT2D eigenvalue weighted by atomic mass is 35.5. The van der Waals surface area contributed by atoms with Gasteiger partial charge in [-0.15, -0.1) is 0 Å². The number of carboxylic acids is 1. The fourth-order valence-corrected chi connectivity index (χ4v) is 4.93. The number of hydrogen-bond acceptors (Lipinski definition) is 5. The molecule has 1 amide bonds. The van der Waals surface area contributed by atoms with Crippen molar-refractivity contribution in [3.63, 3.8) is 0 Å². The summed E-state index contributed by atoms with van der Waals surface area (Å²) in [5.41, 5.74) is 1.39. The van der Waals surface area contributed by atoms with Crippen molar-refractivity contribution in [3.8, 4) is 11.5 Å². The lowest BCUT2D eigenvalue weighted by atomic mass is 9.84. The second-order valence-electron chi connectivity index (χ2n) is 9.67. The van der Waals surface area contributed by atoms with Crippen LogP contribution in [0.25, 0.3) is 0 Å². The molecular formula is C28H27Cl3N2O5. The Balaban J connectivity index is 1.46. The van der Waals surface area contributed by atoms with Crippen molar-refractivity contribution in [1.82, 2.24) is 0 Å². The minimum atomic E-state index is -1.23. The third kappa shape index (κ3) is 5.65. The molecule has 0 saturated heterocycles. The Hall–Kier alpha value is -3.13. The Kier molecular flexibility index (Phi) is 8.02. The van der Waals surface area contributed by atoms with Gasteiger partial charge in [0.25, 0.3) is 5.91 Å². The Labute approximate surface area is 236 Å². The number of benzene rings is 3. The smallest absolute Gasteiger partial charge is 0.313 e. The van der Waals surface area contributed by atoms with E-state index in [0.29, 0.717) is 49.7 Å². The van der Waals surface area contributed by atoms with Gasteiger partial charge >= 0.3 is 5.97 Å². The van der Waals surface area contributed by atoms with Crippen LogP contribution in [-0.2, 0) is 10.2 Å². The summed E-state index contributed by atoms with van der Waals surface area (Å²) in [6, 6.07) is 13.5. The third-order valence-electron chi connectivity index (χ3n) is 6.56. The van der Waals surface area contributed by atoms with Crippen molar-refractivity contribution >= 4 is 58.1 Å². The number of aliphatic carboxylic acids is 1. The van der Waals surface area contributed by atoms with E-state index in [1.165, 1.54) is 0 Å². The number of carboxylic acid groups (broad SMARTS) is 1. The van der Waals surface area contributed by atoms with Crippen molar-refractivity contribution in [1.29, 1.82) is 0 Å². The Morgan fingerprint density at radius 3 is 2.58 bits per heavy atom. The van der Waals surface area contributed by atoms with Gasteiger partial charge in [-0.1, -0.05) is 34.8 Å². The summed E-state index contributed by atoms with van der Waals surface area (Å²) in [5.74, 6) is -0.265. The van der Waals surface area contributed by atoms with Gasteiger partial charge in [0.15, 0.2) is 0 Å². The van der Waals surface area contributed by atoms with Gasteiger partial charge < -0.3 is 24.8 Å². The van der Waals surface area contributed by atoms with E-state index < -0.39 is 17.3 Å². The molecule has 0 fully saturated rings. The first-order chi connectivity index (χ1) is 17.9. The van der Waals surface area contributed by atoms with Crippen LogP contribution >= 0.6 is 34.8 Å². The fourth-order valence-electron chi connectivity index (χ4n) is 4.19. The van der Waals surface area contributed by atoms with E-state index in [-0.39, 0.29) is 12.7 Å². The van der Waals surface area contributed by atoms with Gasteiger partial charge in [0.05, 0.1) is 22.7 Å². The molecule has 1 atom stereocenters. The number of hydrogen-bond donors (Lipinski definition) is 2. The minimum Gasteiger partial charge on any atom is -0.488 e. The van der Waals surface area contributed by atoms with Crippen molar-refractivity contribution in [2.45, 2.75) is 32.3 Å². The first-order valence-electron chi connectivity index (χ1n) is 11.8. The molecule has 0 radical (unpaired) electrons. The number of likely N-dealkylation sites (N-methyl/N-ethyl adjacent to an activating group) is 1. The van der Waals surface area contributed by atoms with E-state index in [1.807, 2.05) is 19.2 Å². The van der Waals surface area contributed by atoms with Crippen molar-refractivity contribution in [2.24, 2.45) is 0 Å². The van der Waals surface area contributed by atoms with Crippen molar-refractivity contribution in [2.75, 3.05) is 30.4 Å². The topological polar surface area (TPSA) is 88.1 Å². The minimum absolute atomic E-state index is 0.234. The molecule has 2 N–H and O–H groups in total. The molecular weight excluding hydrogens is 551 g/mol. The SMILES string of the molecule is Cc1c(C(=O)Nc2ccc(Cl)c(C(C)(C)C(=O)O)c2)ccc(OC[C@@H]2CN(C)c3cc(Cl)ccc3O2)c1Cl. The third-order valence-corrected chi connectivity index (χ3v) is 7.59. The number of nitrogens with one attached hydrogen (secondary N) is 1. The van der Waals surface area contributed by atoms with Gasteiger partial charge in [0.1, 0.15) is 24.2 Å². The van der Waals surface area contributed by atoms with Crippen LogP contribution in [0.15, 0.2) is 48.5 Å². The van der Waals surface area contributed by atoms with Crippen LogP contribution in [-0.4, -0.2) is 43.3 Å². The summed E-state index contributed by atoms with van der Waals surface area (Å²) >= 11 is 18.9. The molecule has 7 nitrogen and oxygen atoms in total. The van der Waals surface area contributed by atoms with Crippen LogP contribution < -0.4 is 19.7 Å². The maximum atomic E-state index is 13.1. The lowest BCUT2D eigenvalue weighted by molar-refractivity contribution is -0.142. The summed E-state index contributed by atoms with van der Waals surface area (Å²) < 4.78 is 12.0. The van der Waals surface area contributed by atoms with Gasteiger partial charge in [-0.25, -0.2) is 0 Å². The van der Waals surface area contributed by atoms with E-state index in [2.05, 4.69) is 10.2 Å². The lowest BCUT2D eigenvalue weighted by Gasteiger charge is -2.33.